The van der Waals surface area contributed by atoms with Crippen LogP contribution in [-0.2, 0) is 7.05 Å². The Morgan fingerprint density at radius 1 is 1.31 bits per heavy atom. The largest absolute Gasteiger partial charge is 0.504 e. The lowest BCUT2D eigenvalue weighted by molar-refractivity contribution is 0.470. The molecule has 0 spiro atoms. The van der Waals surface area contributed by atoms with E-state index in [2.05, 4.69) is 0 Å². The lowest BCUT2D eigenvalue weighted by atomic mass is 10.1. The van der Waals surface area contributed by atoms with E-state index in [1.54, 1.807) is 0 Å². The van der Waals surface area contributed by atoms with Gasteiger partial charge in [0.2, 0.25) is 5.43 Å². The summed E-state index contributed by atoms with van der Waals surface area (Å²) in [6.45, 7) is 0. The molecule has 13 heavy (non-hydrogen) atoms. The van der Waals surface area contributed by atoms with E-state index in [4.69, 9.17) is 0 Å². The molecule has 3 heteroatoms. The van der Waals surface area contributed by atoms with Gasteiger partial charge in [0.25, 0.3) is 0 Å². The zero-order valence-corrected chi connectivity index (χ0v) is 7.19. The van der Waals surface area contributed by atoms with E-state index in [0.29, 0.717) is 0 Å². The summed E-state index contributed by atoms with van der Waals surface area (Å²) >= 11 is 0. The van der Waals surface area contributed by atoms with Crippen LogP contribution in [0.3, 0.4) is 0 Å². The first-order chi connectivity index (χ1) is 6.16. The van der Waals surface area contributed by atoms with Gasteiger partial charge in [-0.2, -0.15) is 0 Å². The predicted octanol–water partition coefficient (Wildman–Crippen LogP) is 1.20. The first-order valence-corrected chi connectivity index (χ1v) is 3.96. The van der Waals surface area contributed by atoms with Gasteiger partial charge in [-0.1, -0.05) is 0 Å². The highest BCUT2D eigenvalue weighted by Gasteiger charge is 2.05. The van der Waals surface area contributed by atoms with Crippen molar-refractivity contribution in [1.29, 1.82) is 0 Å². The number of pyridine rings is 1. The maximum absolute atomic E-state index is 11.1. The molecule has 3 nitrogen and oxygen atoms in total. The summed E-state index contributed by atoms with van der Waals surface area (Å²) in [5, 5.41) is 9.19. The molecule has 0 atom stereocenters. The van der Waals surface area contributed by atoms with Crippen molar-refractivity contribution in [2.45, 2.75) is 0 Å². The number of aromatic nitrogens is 1. The molecule has 0 radical (unpaired) electrons. The third-order valence-corrected chi connectivity index (χ3v) is 2.00. The summed E-state index contributed by atoms with van der Waals surface area (Å²) in [6, 6.07) is 4.76. The molecule has 2 rings (SSSR count). The van der Waals surface area contributed by atoms with Crippen LogP contribution in [-0.4, -0.2) is 9.67 Å². The number of nitrogens with zero attached hydrogens (tertiary/aromatic N) is 1. The molecule has 1 heterocycles. The van der Waals surface area contributed by atoms with Gasteiger partial charge in [0.1, 0.15) is 0 Å². The molecule has 2 aliphatic rings. The van der Waals surface area contributed by atoms with Crippen LogP contribution in [0.25, 0.3) is 11.1 Å². The van der Waals surface area contributed by atoms with E-state index in [9.17, 15) is 9.90 Å². The first-order valence-electron chi connectivity index (χ1n) is 3.96. The van der Waals surface area contributed by atoms with Gasteiger partial charge >= 0.3 is 0 Å². The number of phenolic OH excluding ortho intramolecular Hbond substituents is 1. The van der Waals surface area contributed by atoms with Crippen molar-refractivity contribution in [3.8, 4) is 16.9 Å². The average molecular weight is 175 g/mol. The maximum atomic E-state index is 11.1. The van der Waals surface area contributed by atoms with Crippen LogP contribution in [0, 0.1) is 0 Å². The monoisotopic (exact) mass is 175 g/mol. The van der Waals surface area contributed by atoms with E-state index in [1.807, 2.05) is 30.1 Å². The van der Waals surface area contributed by atoms with Gasteiger partial charge in [-0.15, -0.1) is 0 Å². The van der Waals surface area contributed by atoms with Gasteiger partial charge in [0.15, 0.2) is 5.75 Å². The van der Waals surface area contributed by atoms with E-state index >= 15 is 0 Å². The summed E-state index contributed by atoms with van der Waals surface area (Å²) in [6.07, 6.45) is 3.72. The predicted molar refractivity (Wildman–Crippen MR) is 50.0 cm³/mol. The van der Waals surface area contributed by atoms with Crippen LogP contribution in [0.15, 0.2) is 35.4 Å². The van der Waals surface area contributed by atoms with Crippen molar-refractivity contribution in [2.24, 2.45) is 7.05 Å². The van der Waals surface area contributed by atoms with Crippen LogP contribution < -0.4 is 5.43 Å². The molecule has 0 aromatic carbocycles. The van der Waals surface area contributed by atoms with Crippen molar-refractivity contribution in [1.82, 2.24) is 4.57 Å². The summed E-state index contributed by atoms with van der Waals surface area (Å²) < 4.78 is 1.87. The Balaban J connectivity index is 2.83. The van der Waals surface area contributed by atoms with Crippen LogP contribution >= 0.6 is 0 Å². The summed E-state index contributed by atoms with van der Waals surface area (Å²) in [5.74, 6) is -0.196. The highest BCUT2D eigenvalue weighted by molar-refractivity contribution is 5.65. The number of rotatable bonds is 0. The summed E-state index contributed by atoms with van der Waals surface area (Å²) in [7, 11) is 1.89. The maximum Gasteiger partial charge on any atom is 0.220 e. The summed E-state index contributed by atoms with van der Waals surface area (Å²) in [5.41, 5.74) is 1.38. The van der Waals surface area contributed by atoms with Crippen molar-refractivity contribution in [2.75, 3.05) is 0 Å². The van der Waals surface area contributed by atoms with Gasteiger partial charge in [-0.25, -0.2) is 0 Å². The number of fused-ring (bicyclic) bond motifs is 1. The van der Waals surface area contributed by atoms with Crippen molar-refractivity contribution < 1.29 is 5.11 Å². The van der Waals surface area contributed by atoms with Gasteiger partial charge in [-0.05, 0) is 23.8 Å². The van der Waals surface area contributed by atoms with Crippen LogP contribution in [0.1, 0.15) is 0 Å². The zero-order chi connectivity index (χ0) is 9.42. The average Bonchev–Trinajstić information content (AvgIpc) is 2.08. The molecule has 0 aromatic rings. The minimum atomic E-state index is -0.332. The Labute approximate surface area is 75.2 Å². The molecule has 1 aliphatic heterocycles. The van der Waals surface area contributed by atoms with Crippen LogP contribution in [0.5, 0.6) is 5.75 Å². The molecule has 0 bridgehead atoms. The number of aromatic hydroxyl groups is 1. The smallest absolute Gasteiger partial charge is 0.220 e. The Kier molecular flexibility index (Phi) is 1.59. The normalized spacial score (nSPS) is 10.5. The topological polar surface area (TPSA) is 42.2 Å². The Morgan fingerprint density at radius 3 is 2.85 bits per heavy atom. The van der Waals surface area contributed by atoms with Crippen molar-refractivity contribution in [3.05, 3.63) is 40.8 Å². The minimum Gasteiger partial charge on any atom is -0.504 e. The second-order valence-corrected chi connectivity index (χ2v) is 3.06. The third-order valence-electron chi connectivity index (χ3n) is 2.00. The van der Waals surface area contributed by atoms with E-state index in [-0.39, 0.29) is 11.2 Å². The number of hydrogen-bond acceptors (Lipinski definition) is 2. The van der Waals surface area contributed by atoms with Gasteiger partial charge < -0.3 is 9.67 Å². The van der Waals surface area contributed by atoms with Crippen LogP contribution in [0.4, 0.5) is 0 Å². The highest BCUT2D eigenvalue weighted by atomic mass is 16.3. The Morgan fingerprint density at radius 2 is 2.08 bits per heavy atom. The number of hydrogen-bond donors (Lipinski definition) is 1. The second-order valence-electron chi connectivity index (χ2n) is 3.06. The number of aryl methyl sites for hydroxylation is 1. The fraction of sp³-hybridized carbons (Fsp3) is 0.100. The quantitative estimate of drug-likeness (QED) is 0.653. The molecule has 1 aliphatic carbocycles. The van der Waals surface area contributed by atoms with Gasteiger partial charge in [0.05, 0.1) is 0 Å². The lowest BCUT2D eigenvalue weighted by Crippen LogP contribution is -2.01. The molecular weight excluding hydrogens is 166 g/mol. The molecule has 0 saturated carbocycles. The molecule has 0 aromatic heterocycles. The molecule has 0 fully saturated rings. The van der Waals surface area contributed by atoms with E-state index < -0.39 is 0 Å². The molecule has 66 valence electrons. The Hall–Kier alpha value is -1.77. The first kappa shape index (κ1) is 7.86. The molecule has 0 unspecified atom stereocenters. The highest BCUT2D eigenvalue weighted by Crippen LogP contribution is 2.21. The fourth-order valence-electron chi connectivity index (χ4n) is 1.32. The van der Waals surface area contributed by atoms with Crippen molar-refractivity contribution >= 4 is 0 Å². The standard InChI is InChI=1S/C10H9NO2/c1-11-3-2-7-4-9(12)10(13)5-8(7)6-11/h2-6,13H,1H3. The van der Waals surface area contributed by atoms with E-state index in [0.717, 1.165) is 11.1 Å². The molecule has 0 amide bonds. The molecule has 1 N–H and O–H groups in total. The SMILES string of the molecule is Cn1ccc2cc(=O)c(O)cc-2c1. The second kappa shape index (κ2) is 2.62. The third kappa shape index (κ3) is 1.28. The van der Waals surface area contributed by atoms with E-state index in [1.165, 1.54) is 12.1 Å². The Bertz CT molecular complexity index is 473. The zero-order valence-electron chi connectivity index (χ0n) is 7.19. The summed E-state index contributed by atoms with van der Waals surface area (Å²) in [4.78, 5) is 11.1. The number of benzene rings is 1. The van der Waals surface area contributed by atoms with Crippen molar-refractivity contribution in [3.63, 3.8) is 0 Å². The number of phenols is 1. The van der Waals surface area contributed by atoms with Crippen LogP contribution in [0.2, 0.25) is 0 Å². The fourth-order valence-corrected chi connectivity index (χ4v) is 1.32. The molecular formula is C10H9NO2. The molecule has 0 saturated heterocycles. The minimum absolute atomic E-state index is 0.196. The van der Waals surface area contributed by atoms with Gasteiger partial charge in [-0.3, -0.25) is 4.79 Å². The lowest BCUT2D eigenvalue weighted by Gasteiger charge is -2.06. The van der Waals surface area contributed by atoms with Gasteiger partial charge in [0, 0.05) is 25.0 Å².